The Morgan fingerprint density at radius 2 is 1.28 bits per heavy atom. The molecule has 0 radical (unpaired) electrons. The van der Waals surface area contributed by atoms with Gasteiger partial charge in [-0.1, -0.05) is 31.7 Å². The van der Waals surface area contributed by atoms with Crippen molar-refractivity contribution in [2.24, 2.45) is 11.8 Å². The van der Waals surface area contributed by atoms with Crippen molar-refractivity contribution in [1.82, 2.24) is 0 Å². The Morgan fingerprint density at radius 3 is 1.93 bits per heavy atom. The first kappa shape index (κ1) is 60.6. The van der Waals surface area contributed by atoms with Gasteiger partial charge in [0.1, 0.15) is 35.6 Å². The van der Waals surface area contributed by atoms with Crippen molar-refractivity contribution in [2.45, 2.75) is 288 Å². The predicted octanol–water partition coefficient (Wildman–Crippen LogP) is 4.59. The van der Waals surface area contributed by atoms with Crippen LogP contribution in [0.15, 0.2) is 37.0 Å². The lowest BCUT2D eigenvalue weighted by Gasteiger charge is -2.61. The first-order valence-corrected chi connectivity index (χ1v) is 31.9. The lowest BCUT2D eigenvalue weighted by molar-refractivity contribution is -0.369. The summed E-state index contributed by atoms with van der Waals surface area (Å²) in [6, 6.07) is 0. The van der Waals surface area contributed by atoms with Crippen LogP contribution in [-0.4, -0.2) is 204 Å². The zero-order valence-electron chi connectivity index (χ0n) is 47.1. The molecule has 0 unspecified atom stereocenters. The smallest absolute Gasteiger partial charge is 0.397 e. The zero-order valence-corrected chi connectivity index (χ0v) is 48.7. The van der Waals surface area contributed by atoms with Crippen molar-refractivity contribution in [2.75, 3.05) is 6.61 Å². The summed E-state index contributed by atoms with van der Waals surface area (Å²) in [4.78, 5) is 11.9. The summed E-state index contributed by atoms with van der Waals surface area (Å²) in [5, 5.41) is 33.7. The average molecular weight is 1190 g/mol. The number of hydrogen-bond donors (Lipinski definition) is 5. The number of aliphatic hydroxyl groups is 2. The van der Waals surface area contributed by atoms with Crippen molar-refractivity contribution >= 4 is 26.8 Å². The van der Waals surface area contributed by atoms with E-state index in [1.165, 1.54) is 18.2 Å². The number of carboxylic acids is 1. The fraction of sp³-hybridized carbons (Fsp3) is 0.875. The minimum absolute atomic E-state index is 0.0402. The topological polar surface area (TPSA) is 306 Å². The van der Waals surface area contributed by atoms with E-state index in [4.69, 9.17) is 60.8 Å². The molecule has 11 aliphatic heterocycles. The second-order valence-electron chi connectivity index (χ2n) is 26.2. The number of hydrogen-bond acceptors (Lipinski definition) is 20. The van der Waals surface area contributed by atoms with Gasteiger partial charge in [0, 0.05) is 44.9 Å². The number of carbonyl (C=O) groups is 1. The highest BCUT2D eigenvalue weighted by molar-refractivity contribution is 7.81. The Morgan fingerprint density at radius 1 is 0.716 bits per heavy atom. The molecule has 0 aromatic heterocycles. The van der Waals surface area contributed by atoms with E-state index in [-0.39, 0.29) is 80.9 Å². The molecule has 11 fully saturated rings. The van der Waals surface area contributed by atoms with Crippen molar-refractivity contribution in [3.05, 3.63) is 37.0 Å². The largest absolute Gasteiger partial charge is 0.481 e. The fourth-order valence-electron chi connectivity index (χ4n) is 15.7. The maximum absolute atomic E-state index is 12.3. The molecule has 25 heteroatoms. The molecular weight excluding hydrogens is 1100 g/mol. The van der Waals surface area contributed by atoms with Crippen LogP contribution in [0, 0.1) is 11.8 Å². The molecule has 458 valence electrons. The van der Waals surface area contributed by atoms with E-state index < -0.39 is 140 Å². The molecule has 0 aromatic carbocycles. The number of allylic oxidation sites excluding steroid dienone is 1. The van der Waals surface area contributed by atoms with Gasteiger partial charge >= 0.3 is 26.8 Å². The van der Waals surface area contributed by atoms with Gasteiger partial charge in [-0.25, -0.2) is 8.37 Å². The van der Waals surface area contributed by atoms with Crippen molar-refractivity contribution in [3.8, 4) is 0 Å². The zero-order chi connectivity index (χ0) is 58.0. The number of aliphatic carboxylic acids is 1. The van der Waals surface area contributed by atoms with Crippen LogP contribution in [0.3, 0.4) is 0 Å². The second kappa shape index (κ2) is 22.3. The Kier molecular flexibility index (Phi) is 16.6. The molecule has 5 N–H and O–H groups in total. The molecule has 23 nitrogen and oxygen atoms in total. The molecule has 0 aliphatic carbocycles. The van der Waals surface area contributed by atoms with Crippen LogP contribution < -0.4 is 0 Å². The van der Waals surface area contributed by atoms with Crippen molar-refractivity contribution in [1.29, 1.82) is 0 Å². The monoisotopic (exact) mass is 1190 g/mol. The summed E-state index contributed by atoms with van der Waals surface area (Å²) in [5.74, 6) is -1.85. The lowest BCUT2D eigenvalue weighted by atomic mass is 9.73. The molecule has 11 heterocycles. The summed E-state index contributed by atoms with van der Waals surface area (Å²) >= 11 is 0. The SMILES string of the molecule is C=CC[C@H](/C=C/[C@@](C)(O)[C@H]1O[C@@H]2C[C@@H]3O[C@@H]4C[C@@H]5O[C@@H]6C[C@@H]7O[C@@H]8C[C@@H]9O[C@@H]%10C[C@@H]%11O[C@](C)(CCCOS(=O)(=O)O)[C@@H](OS(=O)(=O)O)C[C@H]%11O[C@H]%10C[C@H]9O[C@H]8CC[C@@]7(C)O[C@@]6(C)CC[C@H](C)[C@H]5O[C@H]4[C@@H](O)[C@]3(C)O[C@H]2CC1=C)C(=O)O. The number of rotatable bonds is 13. The van der Waals surface area contributed by atoms with E-state index in [2.05, 4.69) is 38.1 Å². The van der Waals surface area contributed by atoms with Crippen LogP contribution in [0.5, 0.6) is 0 Å². The van der Waals surface area contributed by atoms with E-state index in [0.717, 1.165) is 6.42 Å². The summed E-state index contributed by atoms with van der Waals surface area (Å²) in [5.41, 5.74) is -4.80. The van der Waals surface area contributed by atoms with Crippen LogP contribution in [0.4, 0.5) is 0 Å². The quantitative estimate of drug-likeness (QED) is 0.0956. The minimum atomic E-state index is -4.91. The standard InChI is InChI=1S/C56H84O23S2/c1-9-11-30(51(58)59)13-16-52(4,60)50-29(3)20-39-38(74-50)26-46-56(8,77-39)49(57)48-42(73-46)24-41-47(75-48)28(2)12-17-54(6)44(72-41)27-43-55(7,79-54)18-14-31-32(71-43)21-34-33(68-31)22-35-36(69-34)23-40-37(70-35)25-45(78-81(64,65)66)53(5,76-40)15-10-19-67-80(61,62)63/h9,13,16,28,30-50,57,60H,1,3,10-12,14-15,17-27H2,2,4-8H3,(H,58,59)(H,61,62,63)(H,64,65,66)/b16-13+/t28-,30+,31-,32+,33+,34-,35-,36+,37+,38+,39-,40-,41-,42+,43-,44+,45-,46-,47+,48+,49+,50-,52+,53+,54-,55+,56+/m0/s1. The van der Waals surface area contributed by atoms with Gasteiger partial charge in [-0.2, -0.15) is 16.8 Å². The second-order valence-corrected chi connectivity index (χ2v) is 28.4. The van der Waals surface area contributed by atoms with Crippen LogP contribution >= 0.6 is 0 Å². The Hall–Kier alpha value is -2.09. The van der Waals surface area contributed by atoms with Gasteiger partial charge in [0.25, 0.3) is 0 Å². The third kappa shape index (κ3) is 12.1. The van der Waals surface area contributed by atoms with Gasteiger partial charge in [0.05, 0.1) is 127 Å². The third-order valence-electron chi connectivity index (χ3n) is 20.2. The lowest BCUT2D eigenvalue weighted by Crippen LogP contribution is -2.74. The summed E-state index contributed by atoms with van der Waals surface area (Å²) < 4.78 is 151. The molecule has 0 spiro atoms. The molecule has 11 aliphatic rings. The van der Waals surface area contributed by atoms with Crippen LogP contribution in [-0.2, 0) is 86.1 Å². The summed E-state index contributed by atoms with van der Waals surface area (Å²) in [6.45, 7) is 19.0. The molecule has 27 atom stereocenters. The summed E-state index contributed by atoms with van der Waals surface area (Å²) in [6.07, 6.45) is 0.215. The Labute approximate surface area is 474 Å². The minimum Gasteiger partial charge on any atom is -0.481 e. The van der Waals surface area contributed by atoms with Gasteiger partial charge in [0.2, 0.25) is 0 Å². The third-order valence-corrected chi connectivity index (χ3v) is 21.1. The van der Waals surface area contributed by atoms with Crippen LogP contribution in [0.2, 0.25) is 0 Å². The molecular formula is C56H84O23S2. The Balaban J connectivity index is 0.743. The number of fused-ring (bicyclic) bond motifs is 10. The Bertz CT molecular complexity index is 2620. The van der Waals surface area contributed by atoms with E-state index in [1.54, 1.807) is 13.8 Å². The van der Waals surface area contributed by atoms with Gasteiger partial charge in [-0.15, -0.1) is 6.58 Å². The first-order valence-electron chi connectivity index (χ1n) is 29.1. The van der Waals surface area contributed by atoms with Crippen molar-refractivity contribution in [3.63, 3.8) is 0 Å². The highest BCUT2D eigenvalue weighted by Crippen LogP contribution is 2.54. The average Bonchev–Trinajstić information content (AvgIpc) is 3.75. The van der Waals surface area contributed by atoms with Crippen LogP contribution in [0.25, 0.3) is 0 Å². The van der Waals surface area contributed by atoms with Gasteiger partial charge < -0.3 is 67.4 Å². The van der Waals surface area contributed by atoms with Gasteiger partial charge in [-0.3, -0.25) is 13.9 Å². The van der Waals surface area contributed by atoms with Gasteiger partial charge in [-0.05, 0) is 97.5 Å². The van der Waals surface area contributed by atoms with E-state index in [9.17, 15) is 41.5 Å². The van der Waals surface area contributed by atoms with E-state index in [1.807, 2.05) is 6.92 Å². The number of carboxylic acid groups (broad SMARTS) is 1. The predicted molar refractivity (Wildman–Crippen MR) is 282 cm³/mol. The van der Waals surface area contributed by atoms with Crippen LogP contribution in [0.1, 0.15) is 138 Å². The highest BCUT2D eigenvalue weighted by Gasteiger charge is 2.65. The molecule has 81 heavy (non-hydrogen) atoms. The number of aliphatic hydroxyl groups excluding tert-OH is 1. The molecule has 0 bridgehead atoms. The number of ether oxygens (including phenoxy) is 11. The van der Waals surface area contributed by atoms with Gasteiger partial charge in [0.15, 0.2) is 0 Å². The fourth-order valence-corrected chi connectivity index (χ4v) is 16.6. The maximum atomic E-state index is 12.3. The first-order chi connectivity index (χ1) is 37.9. The molecule has 11 saturated heterocycles. The molecule has 0 aromatic rings. The maximum Gasteiger partial charge on any atom is 0.397 e. The highest BCUT2D eigenvalue weighted by atomic mass is 32.3. The van der Waals surface area contributed by atoms with E-state index in [0.29, 0.717) is 69.8 Å². The van der Waals surface area contributed by atoms with Crippen molar-refractivity contribution < 1.29 is 107 Å². The summed E-state index contributed by atoms with van der Waals surface area (Å²) in [7, 11) is -9.61. The molecule has 0 amide bonds. The molecule has 11 rings (SSSR count). The molecule has 0 saturated carbocycles. The normalized spacial score (nSPS) is 50.0. The van der Waals surface area contributed by atoms with E-state index >= 15 is 0 Å².